The van der Waals surface area contributed by atoms with E-state index in [1.165, 1.54) is 6.33 Å². The summed E-state index contributed by atoms with van der Waals surface area (Å²) in [6, 6.07) is 16.6. The van der Waals surface area contributed by atoms with Gasteiger partial charge in [-0.05, 0) is 17.7 Å². The summed E-state index contributed by atoms with van der Waals surface area (Å²) in [5.74, 6) is -0.278. The molecule has 22 heavy (non-hydrogen) atoms. The predicted octanol–water partition coefficient (Wildman–Crippen LogP) is 3.60. The normalized spacial score (nSPS) is 12.0. The Morgan fingerprint density at radius 1 is 1.09 bits per heavy atom. The van der Waals surface area contributed by atoms with Crippen LogP contribution in [0.15, 0.2) is 67.3 Å². The monoisotopic (exact) mass is 311 g/mol. The summed E-state index contributed by atoms with van der Waals surface area (Å²) in [4.78, 5) is 16.8. The Morgan fingerprint density at radius 2 is 1.82 bits per heavy atom. The molecule has 3 rings (SSSR count). The van der Waals surface area contributed by atoms with Gasteiger partial charge in [-0.1, -0.05) is 54.1 Å². The van der Waals surface area contributed by atoms with E-state index < -0.39 is 0 Å². The number of hydrogen-bond acceptors (Lipinski definition) is 3. The molecule has 0 saturated heterocycles. The van der Waals surface area contributed by atoms with Crippen LogP contribution in [0.5, 0.6) is 0 Å². The minimum Gasteiger partial charge on any atom is -0.293 e. The van der Waals surface area contributed by atoms with Crippen molar-refractivity contribution in [3.63, 3.8) is 0 Å². The first-order chi connectivity index (χ1) is 10.7. The van der Waals surface area contributed by atoms with Gasteiger partial charge in [-0.2, -0.15) is 5.10 Å². The Labute approximate surface area is 133 Å². The number of ketones is 1. The third-order valence-electron chi connectivity index (χ3n) is 3.48. The lowest BCUT2D eigenvalue weighted by Crippen LogP contribution is -2.19. The molecule has 110 valence electrons. The van der Waals surface area contributed by atoms with Crippen molar-refractivity contribution in [2.45, 2.75) is 12.5 Å². The van der Waals surface area contributed by atoms with Crippen LogP contribution in [0.2, 0.25) is 5.02 Å². The maximum Gasteiger partial charge on any atom is 0.172 e. The van der Waals surface area contributed by atoms with E-state index in [-0.39, 0.29) is 11.7 Å². The molecule has 3 aromatic rings. The molecule has 0 saturated carbocycles. The molecule has 0 fully saturated rings. The van der Waals surface area contributed by atoms with Crippen LogP contribution in [0.25, 0.3) is 0 Å². The smallest absolute Gasteiger partial charge is 0.172 e. The number of aromatic nitrogens is 3. The Hall–Kier alpha value is -2.46. The van der Waals surface area contributed by atoms with Gasteiger partial charge in [-0.3, -0.25) is 9.48 Å². The number of carbonyl (C=O) groups is 1. The Kier molecular flexibility index (Phi) is 4.30. The second-order valence-electron chi connectivity index (χ2n) is 4.95. The molecule has 0 radical (unpaired) electrons. The summed E-state index contributed by atoms with van der Waals surface area (Å²) < 4.78 is 1.67. The van der Waals surface area contributed by atoms with Crippen LogP contribution in [0.1, 0.15) is 21.8 Å². The Bertz CT molecular complexity index is 739. The summed E-state index contributed by atoms with van der Waals surface area (Å²) in [5, 5.41) is 4.75. The molecule has 1 unspecified atom stereocenters. The highest BCUT2D eigenvalue weighted by Gasteiger charge is 2.22. The standard InChI is InChI=1S/C17H14ClN3O/c18-15-8-6-13(7-9-15)16(10-21-12-19-11-20-21)17(22)14-4-2-1-3-5-14/h1-9,11-12,16H,10H2. The third-order valence-corrected chi connectivity index (χ3v) is 3.74. The largest absolute Gasteiger partial charge is 0.293 e. The van der Waals surface area contributed by atoms with Crippen molar-refractivity contribution in [2.24, 2.45) is 0 Å². The van der Waals surface area contributed by atoms with E-state index in [1.807, 2.05) is 42.5 Å². The van der Waals surface area contributed by atoms with Gasteiger partial charge in [0.25, 0.3) is 0 Å². The van der Waals surface area contributed by atoms with E-state index in [1.54, 1.807) is 23.1 Å². The van der Waals surface area contributed by atoms with Crippen molar-refractivity contribution in [2.75, 3.05) is 0 Å². The van der Waals surface area contributed by atoms with E-state index in [2.05, 4.69) is 10.1 Å². The van der Waals surface area contributed by atoms with Gasteiger partial charge < -0.3 is 0 Å². The maximum atomic E-state index is 12.9. The van der Waals surface area contributed by atoms with Gasteiger partial charge in [0.05, 0.1) is 12.5 Å². The molecule has 0 aliphatic carbocycles. The fourth-order valence-corrected chi connectivity index (χ4v) is 2.48. The van der Waals surface area contributed by atoms with Crippen LogP contribution >= 0.6 is 11.6 Å². The third kappa shape index (κ3) is 3.23. The lowest BCUT2D eigenvalue weighted by molar-refractivity contribution is 0.0949. The molecular weight excluding hydrogens is 298 g/mol. The van der Waals surface area contributed by atoms with Crippen LogP contribution in [0, 0.1) is 0 Å². The number of halogens is 1. The lowest BCUT2D eigenvalue weighted by Gasteiger charge is -2.16. The van der Waals surface area contributed by atoms with E-state index >= 15 is 0 Å². The second-order valence-corrected chi connectivity index (χ2v) is 5.39. The van der Waals surface area contributed by atoms with Crippen LogP contribution in [0.3, 0.4) is 0 Å². The first-order valence-corrected chi connectivity index (χ1v) is 7.29. The highest BCUT2D eigenvalue weighted by Crippen LogP contribution is 2.24. The average Bonchev–Trinajstić information content (AvgIpc) is 3.07. The molecule has 1 aromatic heterocycles. The fraction of sp³-hybridized carbons (Fsp3) is 0.118. The van der Waals surface area contributed by atoms with Crippen molar-refractivity contribution >= 4 is 17.4 Å². The SMILES string of the molecule is O=C(c1ccccc1)C(Cn1cncn1)c1ccc(Cl)cc1. The number of benzene rings is 2. The van der Waals surface area contributed by atoms with Gasteiger partial charge in [0.1, 0.15) is 12.7 Å². The number of hydrogen-bond donors (Lipinski definition) is 0. The maximum absolute atomic E-state index is 12.9. The van der Waals surface area contributed by atoms with Crippen molar-refractivity contribution in [3.8, 4) is 0 Å². The van der Waals surface area contributed by atoms with E-state index in [9.17, 15) is 4.79 Å². The molecule has 0 bridgehead atoms. The molecule has 1 heterocycles. The Morgan fingerprint density at radius 3 is 2.45 bits per heavy atom. The number of rotatable bonds is 5. The minimum absolute atomic E-state index is 0.0541. The quantitative estimate of drug-likeness (QED) is 0.676. The molecule has 0 N–H and O–H groups in total. The first kappa shape index (κ1) is 14.5. The summed E-state index contributed by atoms with van der Waals surface area (Å²) in [6.07, 6.45) is 3.08. The van der Waals surface area contributed by atoms with Crippen molar-refractivity contribution in [1.82, 2.24) is 14.8 Å². The molecule has 0 spiro atoms. The number of nitrogens with zero attached hydrogens (tertiary/aromatic N) is 3. The van der Waals surface area contributed by atoms with E-state index in [4.69, 9.17) is 11.6 Å². The topological polar surface area (TPSA) is 47.8 Å². The molecule has 1 atom stereocenters. The van der Waals surface area contributed by atoms with E-state index in [0.717, 1.165) is 5.56 Å². The molecule has 0 aliphatic rings. The average molecular weight is 312 g/mol. The summed E-state index contributed by atoms with van der Waals surface area (Å²) in [6.45, 7) is 0.440. The zero-order valence-electron chi connectivity index (χ0n) is 11.8. The zero-order valence-corrected chi connectivity index (χ0v) is 12.5. The number of carbonyl (C=O) groups excluding carboxylic acids is 1. The van der Waals surface area contributed by atoms with Gasteiger partial charge in [0, 0.05) is 10.6 Å². The Balaban J connectivity index is 1.95. The van der Waals surface area contributed by atoms with Gasteiger partial charge in [0.2, 0.25) is 0 Å². The first-order valence-electron chi connectivity index (χ1n) is 6.91. The van der Waals surface area contributed by atoms with Gasteiger partial charge in [-0.15, -0.1) is 0 Å². The molecule has 5 heteroatoms. The van der Waals surface area contributed by atoms with Gasteiger partial charge in [0.15, 0.2) is 5.78 Å². The molecular formula is C17H14ClN3O. The molecule has 0 amide bonds. The van der Waals surface area contributed by atoms with Gasteiger partial charge >= 0.3 is 0 Å². The van der Waals surface area contributed by atoms with Crippen molar-refractivity contribution in [3.05, 3.63) is 83.4 Å². The second kappa shape index (κ2) is 6.54. The van der Waals surface area contributed by atoms with Crippen LogP contribution < -0.4 is 0 Å². The zero-order chi connectivity index (χ0) is 15.4. The molecule has 2 aromatic carbocycles. The highest BCUT2D eigenvalue weighted by atomic mass is 35.5. The summed E-state index contributed by atoms with van der Waals surface area (Å²) >= 11 is 5.94. The minimum atomic E-state index is -0.332. The predicted molar refractivity (Wildman–Crippen MR) is 85.0 cm³/mol. The fourth-order valence-electron chi connectivity index (χ4n) is 2.35. The highest BCUT2D eigenvalue weighted by molar-refractivity contribution is 6.30. The van der Waals surface area contributed by atoms with Crippen molar-refractivity contribution in [1.29, 1.82) is 0 Å². The molecule has 4 nitrogen and oxygen atoms in total. The van der Waals surface area contributed by atoms with Crippen molar-refractivity contribution < 1.29 is 4.79 Å². The summed E-state index contributed by atoms with van der Waals surface area (Å²) in [5.41, 5.74) is 1.59. The van der Waals surface area contributed by atoms with Crippen LogP contribution in [-0.2, 0) is 6.54 Å². The number of Topliss-reactive ketones (excluding diaryl/α,β-unsaturated/α-hetero) is 1. The van der Waals surface area contributed by atoms with Crippen LogP contribution in [0.4, 0.5) is 0 Å². The molecule has 0 aliphatic heterocycles. The van der Waals surface area contributed by atoms with Crippen LogP contribution in [-0.4, -0.2) is 20.5 Å². The summed E-state index contributed by atoms with van der Waals surface area (Å²) in [7, 11) is 0. The van der Waals surface area contributed by atoms with E-state index in [0.29, 0.717) is 17.1 Å². The lowest BCUT2D eigenvalue weighted by atomic mass is 9.90. The van der Waals surface area contributed by atoms with Gasteiger partial charge in [-0.25, -0.2) is 4.98 Å².